The molecule has 0 radical (unpaired) electrons. The van der Waals surface area contributed by atoms with E-state index < -0.39 is 29.9 Å². The van der Waals surface area contributed by atoms with E-state index in [1.807, 2.05) is 34.6 Å². The average molecular weight is 639 g/mol. The predicted molar refractivity (Wildman–Crippen MR) is 175 cm³/mol. The number of esters is 1. The third-order valence-electron chi connectivity index (χ3n) is 7.39. The number of ether oxygens (including phenoxy) is 3. The lowest BCUT2D eigenvalue weighted by Gasteiger charge is -2.26. The third-order valence-corrected chi connectivity index (χ3v) is 7.39. The van der Waals surface area contributed by atoms with Crippen LogP contribution >= 0.6 is 0 Å². The maximum atomic E-state index is 13.3. The molecule has 0 spiro atoms. The van der Waals surface area contributed by atoms with Crippen molar-refractivity contribution in [2.75, 3.05) is 27.2 Å². The fourth-order valence-electron chi connectivity index (χ4n) is 5.16. The van der Waals surface area contributed by atoms with E-state index in [1.54, 1.807) is 63.7 Å². The Kier molecular flexibility index (Phi) is 11.6. The number of hydrogen-bond acceptors (Lipinski definition) is 9. The smallest absolute Gasteiger partial charge is 0.415 e. The number of nitrogens with zero attached hydrogens (tertiary/aromatic N) is 4. The first kappa shape index (κ1) is 36.0. The number of aryl methyl sites for hydroxylation is 1. The van der Waals surface area contributed by atoms with Crippen LogP contribution in [0.15, 0.2) is 29.1 Å². The Hall–Kier alpha value is -4.45. The van der Waals surface area contributed by atoms with E-state index in [1.165, 1.54) is 9.80 Å². The van der Waals surface area contributed by atoms with E-state index in [0.29, 0.717) is 29.1 Å². The number of rotatable bonds is 5. The quantitative estimate of drug-likeness (QED) is 0.284. The SMILES string of the molecule is CC.CC.CCc1c2c(nc3ccc(OC(=O)N(C)CCN(C)C(=O)OC(C)(C)C)cc13)-c1cc3c(c(=O)n1C2)COC(=O)C3O. The van der Waals surface area contributed by atoms with Crippen molar-refractivity contribution >= 4 is 29.1 Å². The van der Waals surface area contributed by atoms with Crippen LogP contribution in [0.1, 0.15) is 83.7 Å². The van der Waals surface area contributed by atoms with E-state index in [4.69, 9.17) is 19.2 Å². The molecular formula is C34H46N4O8. The summed E-state index contributed by atoms with van der Waals surface area (Å²) >= 11 is 0. The molecule has 0 fully saturated rings. The Morgan fingerprint density at radius 2 is 1.65 bits per heavy atom. The second kappa shape index (κ2) is 14.8. The standard InChI is InChI=1S/C30H34N4O8.2C2H6/c1-7-17-18-12-16(41-28(38)32(5)10-11-33(6)29(39)42-30(2,3)4)8-9-22(18)31-24-20(17)14-34-23(24)13-19-21(26(34)36)15-40-27(37)25(19)35;2*1-2/h8-9,12-13,25,35H,7,10-11,14-15H2,1-6H3;2*1-2H3. The van der Waals surface area contributed by atoms with E-state index in [-0.39, 0.29) is 42.9 Å². The molecule has 46 heavy (non-hydrogen) atoms. The average Bonchev–Trinajstić information content (AvgIpc) is 3.40. The van der Waals surface area contributed by atoms with Gasteiger partial charge in [0.1, 0.15) is 18.0 Å². The minimum Gasteiger partial charge on any atom is -0.458 e. The summed E-state index contributed by atoms with van der Waals surface area (Å²) in [5, 5.41) is 11.2. The van der Waals surface area contributed by atoms with Gasteiger partial charge in [0.15, 0.2) is 6.10 Å². The maximum absolute atomic E-state index is 13.3. The maximum Gasteiger partial charge on any atom is 0.415 e. The van der Waals surface area contributed by atoms with Crippen molar-refractivity contribution in [1.82, 2.24) is 19.4 Å². The van der Waals surface area contributed by atoms with E-state index in [9.17, 15) is 24.3 Å². The van der Waals surface area contributed by atoms with Gasteiger partial charge in [-0.3, -0.25) is 4.79 Å². The first-order valence-electron chi connectivity index (χ1n) is 15.7. The fraction of sp³-hybridized carbons (Fsp3) is 0.500. The first-order valence-corrected chi connectivity index (χ1v) is 15.7. The van der Waals surface area contributed by atoms with Gasteiger partial charge >= 0.3 is 18.2 Å². The second-order valence-corrected chi connectivity index (χ2v) is 11.5. The molecule has 250 valence electrons. The number of aromatic nitrogens is 2. The van der Waals surface area contributed by atoms with E-state index >= 15 is 0 Å². The molecule has 0 aliphatic carbocycles. The molecular weight excluding hydrogens is 592 g/mol. The van der Waals surface area contributed by atoms with Crippen molar-refractivity contribution in [1.29, 1.82) is 0 Å². The molecule has 1 aromatic carbocycles. The Balaban J connectivity index is 0.00000139. The van der Waals surface area contributed by atoms with Crippen LogP contribution in [-0.4, -0.2) is 75.4 Å². The molecule has 2 aromatic heterocycles. The zero-order valence-electron chi connectivity index (χ0n) is 28.5. The lowest BCUT2D eigenvalue weighted by atomic mass is 9.97. The topological polar surface area (TPSA) is 140 Å². The molecule has 12 heteroatoms. The largest absolute Gasteiger partial charge is 0.458 e. The number of cyclic esters (lactones) is 1. The fourth-order valence-corrected chi connectivity index (χ4v) is 5.16. The van der Waals surface area contributed by atoms with Crippen LogP contribution in [0.4, 0.5) is 9.59 Å². The number of likely N-dealkylation sites (N-methyl/N-ethyl adjacent to an activating group) is 2. The van der Waals surface area contributed by atoms with Crippen LogP contribution in [0, 0.1) is 0 Å². The van der Waals surface area contributed by atoms with Gasteiger partial charge in [-0.05, 0) is 57.0 Å². The molecule has 5 rings (SSSR count). The van der Waals surface area contributed by atoms with Crippen LogP contribution in [0.3, 0.4) is 0 Å². The van der Waals surface area contributed by atoms with Crippen molar-refractivity contribution in [2.24, 2.45) is 0 Å². The molecule has 1 atom stereocenters. The van der Waals surface area contributed by atoms with Crippen molar-refractivity contribution in [2.45, 2.75) is 86.7 Å². The van der Waals surface area contributed by atoms with Crippen molar-refractivity contribution in [3.8, 4) is 17.1 Å². The molecule has 2 aliphatic heterocycles. The molecule has 1 unspecified atom stereocenters. The van der Waals surface area contributed by atoms with E-state index in [0.717, 1.165) is 16.5 Å². The Morgan fingerprint density at radius 3 is 2.26 bits per heavy atom. The number of aliphatic hydroxyl groups excluding tert-OH is 1. The van der Waals surface area contributed by atoms with Gasteiger partial charge in [0.05, 0.1) is 29.0 Å². The molecule has 0 bridgehead atoms. The molecule has 2 aliphatic rings. The van der Waals surface area contributed by atoms with Gasteiger partial charge in [0, 0.05) is 43.7 Å². The lowest BCUT2D eigenvalue weighted by Crippen LogP contribution is -2.40. The highest BCUT2D eigenvalue weighted by Crippen LogP contribution is 2.38. The van der Waals surface area contributed by atoms with Gasteiger partial charge in [0.25, 0.3) is 5.56 Å². The number of amides is 2. The van der Waals surface area contributed by atoms with Crippen LogP contribution < -0.4 is 10.3 Å². The number of pyridine rings is 2. The summed E-state index contributed by atoms with van der Waals surface area (Å²) in [6.07, 6.45) is -1.95. The van der Waals surface area contributed by atoms with Gasteiger partial charge < -0.3 is 33.7 Å². The minimum absolute atomic E-state index is 0.183. The zero-order chi connectivity index (χ0) is 34.5. The van der Waals surface area contributed by atoms with Gasteiger partial charge in [-0.15, -0.1) is 0 Å². The molecule has 4 heterocycles. The lowest BCUT2D eigenvalue weighted by molar-refractivity contribution is -0.157. The van der Waals surface area contributed by atoms with Crippen molar-refractivity contribution < 1.29 is 33.7 Å². The second-order valence-electron chi connectivity index (χ2n) is 11.5. The highest BCUT2D eigenvalue weighted by molar-refractivity contribution is 5.90. The minimum atomic E-state index is -1.52. The Bertz CT molecular complexity index is 1670. The number of benzene rings is 1. The zero-order valence-corrected chi connectivity index (χ0v) is 28.5. The predicted octanol–water partition coefficient (Wildman–Crippen LogP) is 5.43. The van der Waals surface area contributed by atoms with E-state index in [2.05, 4.69) is 0 Å². The first-order chi connectivity index (χ1) is 21.8. The van der Waals surface area contributed by atoms with Crippen molar-refractivity contribution in [3.63, 3.8) is 0 Å². The summed E-state index contributed by atoms with van der Waals surface area (Å²) < 4.78 is 17.5. The summed E-state index contributed by atoms with van der Waals surface area (Å²) in [4.78, 5) is 57.8. The highest BCUT2D eigenvalue weighted by Gasteiger charge is 2.34. The number of carbonyl (C=O) groups is 3. The van der Waals surface area contributed by atoms with Crippen LogP contribution in [0.2, 0.25) is 0 Å². The Morgan fingerprint density at radius 1 is 1.02 bits per heavy atom. The number of aliphatic hydroxyl groups is 1. The molecule has 0 saturated heterocycles. The van der Waals surface area contributed by atoms with Crippen LogP contribution in [-0.2, 0) is 33.8 Å². The summed E-state index contributed by atoms with van der Waals surface area (Å²) in [7, 11) is 3.19. The van der Waals surface area contributed by atoms with Gasteiger partial charge in [0.2, 0.25) is 0 Å². The molecule has 0 saturated carbocycles. The molecule has 3 aromatic rings. The monoisotopic (exact) mass is 638 g/mol. The van der Waals surface area contributed by atoms with Crippen LogP contribution in [0.5, 0.6) is 5.75 Å². The summed E-state index contributed by atoms with van der Waals surface area (Å²) in [6.45, 7) is 15.9. The number of hydrogen-bond donors (Lipinski definition) is 1. The van der Waals surface area contributed by atoms with Gasteiger partial charge in [-0.2, -0.15) is 0 Å². The normalized spacial score (nSPS) is 14.3. The number of fused-ring (bicyclic) bond motifs is 5. The summed E-state index contributed by atoms with van der Waals surface area (Å²) in [5.74, 6) is -0.452. The molecule has 1 N–H and O–H groups in total. The van der Waals surface area contributed by atoms with Gasteiger partial charge in [-0.1, -0.05) is 34.6 Å². The highest BCUT2D eigenvalue weighted by atomic mass is 16.6. The Labute approximate surface area is 269 Å². The van der Waals surface area contributed by atoms with Crippen molar-refractivity contribution in [3.05, 3.63) is 56.9 Å². The number of carbonyl (C=O) groups excluding carboxylic acids is 3. The van der Waals surface area contributed by atoms with Gasteiger partial charge in [-0.25, -0.2) is 19.4 Å². The third kappa shape index (κ3) is 7.33. The summed E-state index contributed by atoms with van der Waals surface area (Å²) in [5.41, 5.74) is 3.18. The summed E-state index contributed by atoms with van der Waals surface area (Å²) in [6, 6.07) is 6.80. The molecule has 12 nitrogen and oxygen atoms in total. The van der Waals surface area contributed by atoms with Crippen LogP contribution in [0.25, 0.3) is 22.3 Å². The molecule has 2 amide bonds.